The first kappa shape index (κ1) is 22.4. The predicted octanol–water partition coefficient (Wildman–Crippen LogP) is 3.47. The zero-order chi connectivity index (χ0) is 19.0. The van der Waals surface area contributed by atoms with Crippen LogP contribution in [0.4, 0.5) is 0 Å². The Balaban J connectivity index is 4.92. The fraction of sp³-hybridized carbons (Fsp3) is 0.625. The van der Waals surface area contributed by atoms with Gasteiger partial charge in [-0.25, -0.2) is 9.59 Å². The summed E-state index contributed by atoms with van der Waals surface area (Å²) in [6.45, 7) is 9.90. The predicted molar refractivity (Wildman–Crippen MR) is 89.5 cm³/mol. The molecule has 0 heterocycles. The average molecular weight is 361 g/mol. The molecule has 0 aliphatic heterocycles. The van der Waals surface area contributed by atoms with Gasteiger partial charge in [0, 0.05) is 15.7 Å². The van der Waals surface area contributed by atoms with Crippen molar-refractivity contribution < 1.29 is 32.7 Å². The summed E-state index contributed by atoms with van der Waals surface area (Å²) in [4.78, 5) is 23.0. The lowest BCUT2D eigenvalue weighted by Gasteiger charge is -2.11. The molecule has 0 aliphatic rings. The van der Waals surface area contributed by atoms with Gasteiger partial charge in [-0.05, 0) is 52.7 Å². The molecule has 0 N–H and O–H groups in total. The zero-order valence-electron chi connectivity index (χ0n) is 15.5. The van der Waals surface area contributed by atoms with Crippen molar-refractivity contribution in [3.8, 4) is 0 Å². The van der Waals surface area contributed by atoms with Crippen molar-refractivity contribution in [2.24, 2.45) is 0 Å². The van der Waals surface area contributed by atoms with Crippen molar-refractivity contribution >= 4 is 20.2 Å². The number of carbonyl (C=O) groups is 2. The Morgan fingerprint density at radius 3 is 1.29 bits per heavy atom. The van der Waals surface area contributed by atoms with Crippen LogP contribution in [0.2, 0.25) is 0 Å². The Morgan fingerprint density at radius 1 is 0.750 bits per heavy atom. The van der Waals surface area contributed by atoms with Gasteiger partial charge in [0.25, 0.3) is 0 Å². The molecule has 24 heavy (non-hydrogen) atoms. The Morgan fingerprint density at radius 2 is 1.04 bits per heavy atom. The Hall–Kier alpha value is -1.56. The lowest BCUT2D eigenvalue weighted by atomic mass is 10.1. The lowest BCUT2D eigenvalue weighted by molar-refractivity contribution is -0.137. The van der Waals surface area contributed by atoms with Crippen LogP contribution in [0, 0.1) is 0 Å². The third-order valence-electron chi connectivity index (χ3n) is 3.87. The average Bonchev–Trinajstić information content (AvgIpc) is 2.56. The molecule has 8 heteroatoms. The van der Waals surface area contributed by atoms with Crippen molar-refractivity contribution in [1.29, 1.82) is 0 Å². The first-order valence-corrected chi connectivity index (χ1v) is 8.48. The van der Waals surface area contributed by atoms with Crippen molar-refractivity contribution in [1.82, 2.24) is 0 Å². The monoisotopic (exact) mass is 361 g/mol. The van der Waals surface area contributed by atoms with Crippen molar-refractivity contribution in [3.05, 3.63) is 22.3 Å². The smallest absolute Gasteiger partial charge is 0.466 e. The first-order chi connectivity index (χ1) is 11.1. The van der Waals surface area contributed by atoms with E-state index in [1.54, 1.807) is 41.5 Å². The summed E-state index contributed by atoms with van der Waals surface area (Å²) >= 11 is 0. The molecule has 0 aromatic rings. The molecule has 2 atom stereocenters. The highest BCUT2D eigenvalue weighted by Crippen LogP contribution is 2.33. The third kappa shape index (κ3) is 6.51. The third-order valence-corrected chi connectivity index (χ3v) is 4.85. The summed E-state index contributed by atoms with van der Waals surface area (Å²) in [5, 5.41) is 0. The molecule has 2 unspecified atom stereocenters. The molecule has 0 saturated heterocycles. The van der Waals surface area contributed by atoms with Gasteiger partial charge >= 0.3 is 20.2 Å². The molecule has 0 amide bonds. The van der Waals surface area contributed by atoms with Crippen LogP contribution in [0.3, 0.4) is 0 Å². The van der Waals surface area contributed by atoms with Crippen molar-refractivity contribution in [3.63, 3.8) is 0 Å². The van der Waals surface area contributed by atoms with Gasteiger partial charge in [0.2, 0.25) is 0 Å². The summed E-state index contributed by atoms with van der Waals surface area (Å²) in [7, 11) is 0.129. The normalized spacial score (nSPS) is 16.4. The minimum atomic E-state index is -2.44. The summed E-state index contributed by atoms with van der Waals surface area (Å²) < 4.78 is 31.9. The number of carbonyl (C=O) groups excluding carboxylic acids is 2. The number of esters is 2. The second-order valence-corrected chi connectivity index (χ2v) is 6.19. The van der Waals surface area contributed by atoms with Crippen LogP contribution in [0.25, 0.3) is 0 Å². The lowest BCUT2D eigenvalue weighted by Crippen LogP contribution is -2.15. The van der Waals surface area contributed by atoms with E-state index in [1.165, 1.54) is 14.2 Å². The fourth-order valence-electron chi connectivity index (χ4n) is 1.68. The molecule has 0 bridgehead atoms. The van der Waals surface area contributed by atoms with Gasteiger partial charge in [-0.3, -0.25) is 0 Å². The number of methoxy groups -OCH3 is 2. The minimum absolute atomic E-state index is 0.388. The maximum atomic E-state index is 12.0. The molecule has 136 valence electrons. The number of hydrogen-bond donors (Lipinski definition) is 0. The van der Waals surface area contributed by atoms with Crippen LogP contribution < -0.4 is 0 Å². The summed E-state index contributed by atoms with van der Waals surface area (Å²) in [6.07, 6.45) is -1.18. The van der Waals surface area contributed by atoms with E-state index in [0.717, 1.165) is 0 Å². The van der Waals surface area contributed by atoms with Crippen LogP contribution in [-0.2, 0) is 32.7 Å². The number of ether oxygens (including phenoxy) is 2. The van der Waals surface area contributed by atoms with Gasteiger partial charge in [-0.2, -0.15) is 0 Å². The fourth-order valence-corrected chi connectivity index (χ4v) is 2.56. The molecule has 0 spiro atoms. The van der Waals surface area contributed by atoms with Crippen LogP contribution in [-0.4, -0.2) is 38.4 Å². The van der Waals surface area contributed by atoms with E-state index < -0.39 is 32.4 Å². The minimum Gasteiger partial charge on any atom is -0.466 e. The second-order valence-electron chi connectivity index (χ2n) is 5.32. The zero-order valence-corrected chi connectivity index (χ0v) is 16.4. The van der Waals surface area contributed by atoms with Gasteiger partial charge in [0.05, 0.1) is 14.2 Å². The van der Waals surface area contributed by atoms with Crippen LogP contribution in [0.5, 0.6) is 0 Å². The largest absolute Gasteiger partial charge is 0.698 e. The summed E-state index contributed by atoms with van der Waals surface area (Å²) in [5.74, 6) is -0.945. The van der Waals surface area contributed by atoms with E-state index in [1.807, 2.05) is 0 Å². The molecule has 0 radical (unpaired) electrons. The standard InChI is InChI=1S/C16H26O7P/c1-9(11(3)15(17)20-7)13(5)22-24(19)23-14(6)10(2)12(4)16(18)21-8/h13-14H,1-8H3/q+1. The molecule has 0 saturated carbocycles. The van der Waals surface area contributed by atoms with Gasteiger partial charge < -0.3 is 9.47 Å². The molecule has 7 nitrogen and oxygen atoms in total. The van der Waals surface area contributed by atoms with Crippen molar-refractivity contribution in [2.75, 3.05) is 14.2 Å². The van der Waals surface area contributed by atoms with Crippen LogP contribution in [0.1, 0.15) is 41.5 Å². The Bertz CT molecular complexity index is 515. The molecule has 0 fully saturated rings. The molecule has 0 rings (SSSR count). The second kappa shape index (κ2) is 10.3. The first-order valence-electron chi connectivity index (χ1n) is 7.38. The summed E-state index contributed by atoms with van der Waals surface area (Å²) in [6, 6.07) is 0. The van der Waals surface area contributed by atoms with E-state index in [4.69, 9.17) is 9.05 Å². The highest BCUT2D eigenvalue weighted by molar-refractivity contribution is 7.33. The van der Waals surface area contributed by atoms with Crippen LogP contribution >= 0.6 is 8.25 Å². The van der Waals surface area contributed by atoms with Gasteiger partial charge in [0.1, 0.15) is 12.2 Å². The van der Waals surface area contributed by atoms with E-state index in [-0.39, 0.29) is 0 Å². The highest BCUT2D eigenvalue weighted by Gasteiger charge is 2.31. The van der Waals surface area contributed by atoms with Crippen molar-refractivity contribution in [2.45, 2.75) is 53.8 Å². The Kier molecular flexibility index (Phi) is 9.66. The van der Waals surface area contributed by atoms with Crippen LogP contribution in [0.15, 0.2) is 22.3 Å². The van der Waals surface area contributed by atoms with E-state index in [0.29, 0.717) is 22.3 Å². The molecular formula is C16H26O7P+. The molecular weight excluding hydrogens is 335 g/mol. The maximum Gasteiger partial charge on any atom is 0.698 e. The van der Waals surface area contributed by atoms with E-state index in [9.17, 15) is 14.2 Å². The van der Waals surface area contributed by atoms with Gasteiger partial charge in [-0.1, -0.05) is 0 Å². The van der Waals surface area contributed by atoms with Gasteiger partial charge in [0.15, 0.2) is 0 Å². The van der Waals surface area contributed by atoms with E-state index >= 15 is 0 Å². The van der Waals surface area contributed by atoms with Gasteiger partial charge in [-0.15, -0.1) is 9.05 Å². The quantitative estimate of drug-likeness (QED) is 0.371. The topological polar surface area (TPSA) is 88.1 Å². The molecule has 0 aromatic carbocycles. The SMILES string of the molecule is COC(=O)C(C)=C(C)C(C)O[P+](=O)OC(C)C(C)=C(C)C(=O)OC. The number of hydrogen-bond acceptors (Lipinski definition) is 7. The molecule has 0 aliphatic carbocycles. The van der Waals surface area contributed by atoms with E-state index in [2.05, 4.69) is 9.47 Å². The maximum absolute atomic E-state index is 12.0. The molecule has 0 aromatic heterocycles. The Labute approximate surface area is 143 Å². The summed E-state index contributed by atoms with van der Waals surface area (Å²) in [5.41, 5.74) is 1.97. The highest BCUT2D eigenvalue weighted by atomic mass is 31.1. The number of rotatable bonds is 8.